The van der Waals surface area contributed by atoms with E-state index in [1.165, 1.54) is 11.1 Å². The van der Waals surface area contributed by atoms with Crippen LogP contribution in [-0.2, 0) is 9.59 Å². The van der Waals surface area contributed by atoms with Gasteiger partial charge in [0.15, 0.2) is 0 Å². The van der Waals surface area contributed by atoms with Crippen molar-refractivity contribution in [2.45, 2.75) is 40.7 Å². The molecule has 3 rings (SSSR count). The minimum Gasteiger partial charge on any atom is -0.341 e. The molecule has 1 heterocycles. The van der Waals surface area contributed by atoms with Crippen molar-refractivity contribution >= 4 is 18.0 Å². The maximum atomic E-state index is 12.2. The molecule has 0 bridgehead atoms. The third-order valence-electron chi connectivity index (χ3n) is 5.36. The van der Waals surface area contributed by atoms with E-state index in [9.17, 15) is 9.59 Å². The van der Waals surface area contributed by atoms with Gasteiger partial charge in [-0.1, -0.05) is 48.5 Å². The Bertz CT molecular complexity index is 1110. The second-order valence-corrected chi connectivity index (χ2v) is 7.71. The Hall–Kier alpha value is -3.67. The van der Waals surface area contributed by atoms with Crippen molar-refractivity contribution in [1.82, 2.24) is 15.3 Å². The molecule has 0 radical (unpaired) electrons. The number of hydrazone groups is 1. The average Bonchev–Trinajstić information content (AvgIpc) is 3.02. The molecule has 31 heavy (non-hydrogen) atoms. The largest absolute Gasteiger partial charge is 0.341 e. The molecule has 2 N–H and O–H groups in total. The summed E-state index contributed by atoms with van der Waals surface area (Å²) >= 11 is 0. The van der Waals surface area contributed by atoms with Gasteiger partial charge in [-0.25, -0.2) is 5.43 Å². The summed E-state index contributed by atoms with van der Waals surface area (Å²) in [4.78, 5) is 24.3. The van der Waals surface area contributed by atoms with Crippen LogP contribution in [0.2, 0.25) is 0 Å². The third-order valence-corrected chi connectivity index (χ3v) is 5.36. The van der Waals surface area contributed by atoms with E-state index >= 15 is 0 Å². The van der Waals surface area contributed by atoms with Gasteiger partial charge in [-0.15, -0.1) is 0 Å². The first-order valence-electron chi connectivity index (χ1n) is 10.2. The van der Waals surface area contributed by atoms with Crippen molar-refractivity contribution in [2.24, 2.45) is 5.10 Å². The normalized spacial score (nSPS) is 12.0. The summed E-state index contributed by atoms with van der Waals surface area (Å²) in [7, 11) is 0. The molecule has 6 nitrogen and oxygen atoms in total. The van der Waals surface area contributed by atoms with Gasteiger partial charge in [0.25, 0.3) is 0 Å². The van der Waals surface area contributed by atoms with Crippen LogP contribution in [0.3, 0.4) is 0 Å². The highest BCUT2D eigenvalue weighted by Gasteiger charge is 2.17. The van der Waals surface area contributed by atoms with E-state index in [1.54, 1.807) is 6.21 Å². The van der Waals surface area contributed by atoms with E-state index in [4.69, 9.17) is 0 Å². The number of benzene rings is 2. The molecule has 1 aromatic heterocycles. The predicted molar refractivity (Wildman–Crippen MR) is 123 cm³/mol. The fourth-order valence-corrected chi connectivity index (χ4v) is 3.72. The van der Waals surface area contributed by atoms with Crippen LogP contribution < -0.4 is 10.7 Å². The zero-order chi connectivity index (χ0) is 22.5. The van der Waals surface area contributed by atoms with Gasteiger partial charge in [0.2, 0.25) is 0 Å². The first-order chi connectivity index (χ1) is 14.8. The molecule has 0 saturated carbocycles. The minimum absolute atomic E-state index is 0.278. The van der Waals surface area contributed by atoms with Gasteiger partial charge in [0.1, 0.15) is 0 Å². The number of carbonyl (C=O) groups excluding carboxylic acids is 2. The van der Waals surface area contributed by atoms with Gasteiger partial charge in [-0.05, 0) is 57.4 Å². The summed E-state index contributed by atoms with van der Waals surface area (Å²) in [6.07, 6.45) is 1.57. The Labute approximate surface area is 183 Å². The second kappa shape index (κ2) is 9.43. The number of para-hydroxylation sites is 1. The smallest absolute Gasteiger partial charge is 0.329 e. The van der Waals surface area contributed by atoms with Crippen molar-refractivity contribution < 1.29 is 9.59 Å². The molecule has 0 aliphatic rings. The van der Waals surface area contributed by atoms with Crippen LogP contribution in [0.5, 0.6) is 0 Å². The van der Waals surface area contributed by atoms with Crippen LogP contribution in [0.15, 0.2) is 59.7 Å². The number of aryl methyl sites for hydroxylation is 3. The highest BCUT2D eigenvalue weighted by atomic mass is 16.2. The van der Waals surface area contributed by atoms with Crippen molar-refractivity contribution in [3.63, 3.8) is 0 Å². The van der Waals surface area contributed by atoms with Crippen molar-refractivity contribution in [3.05, 3.63) is 88.2 Å². The Morgan fingerprint density at radius 1 is 0.935 bits per heavy atom. The number of aromatic nitrogens is 1. The molecule has 0 aliphatic carbocycles. The van der Waals surface area contributed by atoms with Crippen LogP contribution in [-0.4, -0.2) is 22.6 Å². The third kappa shape index (κ3) is 4.91. The summed E-state index contributed by atoms with van der Waals surface area (Å²) < 4.78 is 2.18. The summed E-state index contributed by atoms with van der Waals surface area (Å²) in [5, 5.41) is 6.67. The number of amides is 2. The highest BCUT2D eigenvalue weighted by molar-refractivity contribution is 6.35. The van der Waals surface area contributed by atoms with Crippen molar-refractivity contribution in [2.75, 3.05) is 0 Å². The van der Waals surface area contributed by atoms with Crippen LogP contribution in [0, 0.1) is 27.7 Å². The lowest BCUT2D eigenvalue weighted by molar-refractivity contribution is -0.139. The van der Waals surface area contributed by atoms with Gasteiger partial charge < -0.3 is 9.88 Å². The lowest BCUT2D eigenvalue weighted by Crippen LogP contribution is -2.39. The Balaban J connectivity index is 1.69. The summed E-state index contributed by atoms with van der Waals surface area (Å²) in [5.74, 6) is -1.53. The molecule has 0 fully saturated rings. The summed E-state index contributed by atoms with van der Waals surface area (Å²) in [6.45, 7) is 10.0. The first kappa shape index (κ1) is 22.0. The summed E-state index contributed by atoms with van der Waals surface area (Å²) in [6, 6.07) is 17.4. The molecule has 0 unspecified atom stereocenters. The van der Waals surface area contributed by atoms with E-state index in [1.807, 2.05) is 63.2 Å². The number of nitrogens with one attached hydrogen (secondary N) is 2. The molecule has 2 aromatic carbocycles. The summed E-state index contributed by atoms with van der Waals surface area (Å²) in [5.41, 5.74) is 9.70. The number of carbonyl (C=O) groups is 2. The lowest BCUT2D eigenvalue weighted by atomic mass is 10.1. The van der Waals surface area contributed by atoms with Gasteiger partial charge in [-0.3, -0.25) is 9.59 Å². The van der Waals surface area contributed by atoms with Crippen molar-refractivity contribution in [3.8, 4) is 5.69 Å². The van der Waals surface area contributed by atoms with E-state index in [0.717, 1.165) is 28.2 Å². The van der Waals surface area contributed by atoms with E-state index < -0.39 is 11.8 Å². The number of nitrogens with zero attached hydrogens (tertiary/aromatic N) is 2. The zero-order valence-electron chi connectivity index (χ0n) is 18.6. The van der Waals surface area contributed by atoms with Gasteiger partial charge in [0, 0.05) is 17.0 Å². The number of rotatable bonds is 5. The monoisotopic (exact) mass is 416 g/mol. The Morgan fingerprint density at radius 3 is 2.23 bits per heavy atom. The second-order valence-electron chi connectivity index (χ2n) is 7.71. The van der Waals surface area contributed by atoms with Gasteiger partial charge in [-0.2, -0.15) is 5.10 Å². The van der Waals surface area contributed by atoms with E-state index in [-0.39, 0.29) is 6.04 Å². The fraction of sp³-hybridized carbons (Fsp3) is 0.240. The SMILES string of the molecule is Cc1cccc(C)c1-n1c(C)cc(/C=N\NC(=O)C(=O)N[C@@H](C)c2ccccc2)c1C. The molecule has 0 spiro atoms. The standard InChI is InChI=1S/C25H28N4O2/c1-16-10-9-11-17(2)23(16)29-18(3)14-22(20(29)5)15-26-28-25(31)24(30)27-19(4)21-12-7-6-8-13-21/h6-15,19H,1-5H3,(H,27,30)(H,28,31)/b26-15-/t19-/m0/s1. The average molecular weight is 417 g/mol. The molecule has 2 amide bonds. The number of hydrogen-bond acceptors (Lipinski definition) is 3. The molecule has 160 valence electrons. The zero-order valence-corrected chi connectivity index (χ0v) is 18.6. The molecule has 1 atom stereocenters. The van der Waals surface area contributed by atoms with Crippen molar-refractivity contribution in [1.29, 1.82) is 0 Å². The van der Waals surface area contributed by atoms with Gasteiger partial charge in [0.05, 0.1) is 17.9 Å². The minimum atomic E-state index is -0.803. The van der Waals surface area contributed by atoms with Crippen LogP contribution in [0.1, 0.15) is 46.6 Å². The quantitative estimate of drug-likeness (QED) is 0.374. The molecular formula is C25H28N4O2. The van der Waals surface area contributed by atoms with Gasteiger partial charge >= 0.3 is 11.8 Å². The molecule has 3 aromatic rings. The Kier molecular flexibility index (Phi) is 6.70. The highest BCUT2D eigenvalue weighted by Crippen LogP contribution is 2.25. The lowest BCUT2D eigenvalue weighted by Gasteiger charge is -2.15. The first-order valence-corrected chi connectivity index (χ1v) is 10.2. The van der Waals surface area contributed by atoms with E-state index in [0.29, 0.717) is 0 Å². The number of hydrogen-bond donors (Lipinski definition) is 2. The molecular weight excluding hydrogens is 388 g/mol. The van der Waals surface area contributed by atoms with E-state index in [2.05, 4.69) is 46.4 Å². The molecule has 0 aliphatic heterocycles. The predicted octanol–water partition coefficient (Wildman–Crippen LogP) is 4.04. The maximum absolute atomic E-state index is 12.2. The fourth-order valence-electron chi connectivity index (χ4n) is 3.72. The maximum Gasteiger partial charge on any atom is 0.329 e. The molecule has 6 heteroatoms. The topological polar surface area (TPSA) is 75.5 Å². The molecule has 0 saturated heterocycles. The Morgan fingerprint density at radius 2 is 1.58 bits per heavy atom. The van der Waals surface area contributed by atoms with Crippen LogP contribution >= 0.6 is 0 Å². The van der Waals surface area contributed by atoms with Crippen LogP contribution in [0.25, 0.3) is 5.69 Å². The van der Waals surface area contributed by atoms with Crippen LogP contribution in [0.4, 0.5) is 0 Å².